The molecular formula is C24H31N5O. The Bertz CT molecular complexity index is 993. The summed E-state index contributed by atoms with van der Waals surface area (Å²) in [5.41, 5.74) is 5.67. The Hall–Kier alpha value is -3.28. The molecule has 0 amide bonds. The number of para-hydroxylation sites is 1. The second kappa shape index (κ2) is 10.5. The number of aliphatic imine (C=N–C) groups is 1. The molecule has 30 heavy (non-hydrogen) atoms. The maximum absolute atomic E-state index is 5.29. The Morgan fingerprint density at radius 2 is 1.90 bits per heavy atom. The number of aryl methyl sites for hydroxylation is 3. The van der Waals surface area contributed by atoms with Gasteiger partial charge in [0, 0.05) is 25.8 Å². The molecule has 0 fully saturated rings. The molecule has 0 aliphatic rings. The van der Waals surface area contributed by atoms with Crippen molar-refractivity contribution in [1.82, 2.24) is 20.4 Å². The van der Waals surface area contributed by atoms with E-state index < -0.39 is 0 Å². The lowest BCUT2D eigenvalue weighted by Gasteiger charge is -2.15. The van der Waals surface area contributed by atoms with Crippen LogP contribution in [0.5, 0.6) is 5.75 Å². The highest BCUT2D eigenvalue weighted by molar-refractivity contribution is 5.79. The van der Waals surface area contributed by atoms with Crippen LogP contribution in [0.1, 0.15) is 28.9 Å². The number of hydrogen-bond acceptors (Lipinski definition) is 3. The lowest BCUT2D eigenvalue weighted by Crippen LogP contribution is -2.37. The van der Waals surface area contributed by atoms with E-state index in [2.05, 4.69) is 64.0 Å². The van der Waals surface area contributed by atoms with Crippen LogP contribution < -0.4 is 15.4 Å². The minimum Gasteiger partial charge on any atom is -0.497 e. The average molecular weight is 406 g/mol. The zero-order chi connectivity index (χ0) is 21.3. The van der Waals surface area contributed by atoms with E-state index >= 15 is 0 Å². The van der Waals surface area contributed by atoms with Gasteiger partial charge in [-0.15, -0.1) is 0 Å². The number of methoxy groups -OCH3 is 1. The predicted molar refractivity (Wildman–Crippen MR) is 123 cm³/mol. The van der Waals surface area contributed by atoms with Crippen molar-refractivity contribution in [3.63, 3.8) is 0 Å². The molecule has 0 saturated heterocycles. The van der Waals surface area contributed by atoms with Gasteiger partial charge < -0.3 is 15.4 Å². The molecule has 0 spiro atoms. The largest absolute Gasteiger partial charge is 0.497 e. The molecule has 158 valence electrons. The number of hydrogen-bond donors (Lipinski definition) is 2. The van der Waals surface area contributed by atoms with E-state index in [0.717, 1.165) is 48.2 Å². The number of nitrogens with zero attached hydrogens (tertiary/aromatic N) is 3. The molecule has 0 unspecified atom stereocenters. The first kappa shape index (κ1) is 21.4. The van der Waals surface area contributed by atoms with Gasteiger partial charge in [-0.1, -0.05) is 30.3 Å². The first-order chi connectivity index (χ1) is 14.6. The van der Waals surface area contributed by atoms with E-state index in [1.165, 1.54) is 11.1 Å². The molecule has 0 radical (unpaired) electrons. The number of rotatable bonds is 8. The lowest BCUT2D eigenvalue weighted by atomic mass is 10.1. The quantitative estimate of drug-likeness (QED) is 0.340. The highest BCUT2D eigenvalue weighted by Crippen LogP contribution is 2.17. The third-order valence-electron chi connectivity index (χ3n) is 4.97. The van der Waals surface area contributed by atoms with E-state index in [1.54, 1.807) is 14.2 Å². The van der Waals surface area contributed by atoms with Gasteiger partial charge in [-0.25, -0.2) is 4.68 Å². The number of ether oxygens (including phenoxy) is 1. The van der Waals surface area contributed by atoms with Crippen LogP contribution in [0.3, 0.4) is 0 Å². The number of nitrogens with one attached hydrogen (secondary N) is 2. The van der Waals surface area contributed by atoms with E-state index in [-0.39, 0.29) is 0 Å². The molecule has 3 rings (SSSR count). The fraction of sp³-hybridized carbons (Fsp3) is 0.333. The Labute approximate surface area is 179 Å². The first-order valence-electron chi connectivity index (χ1n) is 10.3. The summed E-state index contributed by atoms with van der Waals surface area (Å²) in [5, 5.41) is 11.4. The molecule has 2 N–H and O–H groups in total. The summed E-state index contributed by atoms with van der Waals surface area (Å²) >= 11 is 0. The van der Waals surface area contributed by atoms with Crippen molar-refractivity contribution < 1.29 is 4.74 Å². The van der Waals surface area contributed by atoms with Gasteiger partial charge in [-0.2, -0.15) is 5.10 Å². The van der Waals surface area contributed by atoms with Crippen molar-refractivity contribution in [1.29, 1.82) is 0 Å². The highest BCUT2D eigenvalue weighted by Gasteiger charge is 2.09. The van der Waals surface area contributed by atoms with Crippen LogP contribution in [0, 0.1) is 13.8 Å². The van der Waals surface area contributed by atoms with Crippen LogP contribution >= 0.6 is 0 Å². The topological polar surface area (TPSA) is 63.5 Å². The molecule has 3 aromatic rings. The number of aromatic nitrogens is 2. The van der Waals surface area contributed by atoms with Crippen molar-refractivity contribution >= 4 is 5.96 Å². The van der Waals surface area contributed by atoms with Crippen molar-refractivity contribution in [2.45, 2.75) is 33.2 Å². The molecule has 1 heterocycles. The van der Waals surface area contributed by atoms with E-state index in [0.29, 0.717) is 6.54 Å². The van der Waals surface area contributed by atoms with Crippen LogP contribution in [0.15, 0.2) is 59.6 Å². The summed E-state index contributed by atoms with van der Waals surface area (Å²) in [7, 11) is 3.49. The van der Waals surface area contributed by atoms with Crippen molar-refractivity contribution in [3.05, 3.63) is 77.1 Å². The van der Waals surface area contributed by atoms with Gasteiger partial charge in [0.15, 0.2) is 5.96 Å². The zero-order valence-electron chi connectivity index (χ0n) is 18.3. The van der Waals surface area contributed by atoms with Gasteiger partial charge in [0.2, 0.25) is 0 Å². The van der Waals surface area contributed by atoms with Crippen LogP contribution in [-0.2, 0) is 13.0 Å². The van der Waals surface area contributed by atoms with Gasteiger partial charge in [0.05, 0.1) is 18.5 Å². The van der Waals surface area contributed by atoms with E-state index in [4.69, 9.17) is 4.74 Å². The minimum atomic E-state index is 0.671. The first-order valence-corrected chi connectivity index (χ1v) is 10.3. The van der Waals surface area contributed by atoms with Gasteiger partial charge in [0.1, 0.15) is 5.75 Å². The fourth-order valence-corrected chi connectivity index (χ4v) is 3.47. The fourth-order valence-electron chi connectivity index (χ4n) is 3.47. The van der Waals surface area contributed by atoms with Crippen molar-refractivity contribution in [2.75, 3.05) is 20.7 Å². The van der Waals surface area contributed by atoms with Crippen LogP contribution in [0.2, 0.25) is 0 Å². The highest BCUT2D eigenvalue weighted by atomic mass is 16.5. The van der Waals surface area contributed by atoms with Gasteiger partial charge >= 0.3 is 0 Å². The lowest BCUT2D eigenvalue weighted by molar-refractivity contribution is 0.414. The number of benzene rings is 2. The molecule has 6 nitrogen and oxygen atoms in total. The minimum absolute atomic E-state index is 0.671. The standard InChI is InChI=1S/C24H31N5O/c1-18-15-19(2)29(28-18)23-13-6-5-11-21(23)17-27-24(25-3)26-14-8-10-20-9-7-12-22(16-20)30-4/h5-7,9,11-13,15-16H,8,10,14,17H2,1-4H3,(H2,25,26,27). The molecule has 1 aromatic heterocycles. The van der Waals surface area contributed by atoms with E-state index in [9.17, 15) is 0 Å². The Balaban J connectivity index is 1.53. The summed E-state index contributed by atoms with van der Waals surface area (Å²) in [6.07, 6.45) is 2.00. The molecule has 6 heteroatoms. The molecule has 0 saturated carbocycles. The third kappa shape index (κ3) is 5.63. The second-order valence-electron chi connectivity index (χ2n) is 7.28. The van der Waals surface area contributed by atoms with Crippen molar-refractivity contribution in [2.24, 2.45) is 4.99 Å². The molecule has 0 bridgehead atoms. The maximum Gasteiger partial charge on any atom is 0.191 e. The normalized spacial score (nSPS) is 11.4. The molecule has 2 aromatic carbocycles. The van der Waals surface area contributed by atoms with E-state index in [1.807, 2.05) is 29.8 Å². The monoisotopic (exact) mass is 405 g/mol. The molecule has 0 atom stereocenters. The Kier molecular flexibility index (Phi) is 7.49. The smallest absolute Gasteiger partial charge is 0.191 e. The summed E-state index contributed by atoms with van der Waals surface area (Å²) in [5.74, 6) is 1.70. The Morgan fingerprint density at radius 3 is 2.63 bits per heavy atom. The maximum atomic E-state index is 5.29. The molecule has 0 aliphatic heterocycles. The summed E-state index contributed by atoms with van der Waals surface area (Å²) in [4.78, 5) is 4.35. The van der Waals surface area contributed by atoms with Crippen LogP contribution in [0.4, 0.5) is 0 Å². The molecule has 0 aliphatic carbocycles. The van der Waals surface area contributed by atoms with Crippen LogP contribution in [0.25, 0.3) is 5.69 Å². The summed E-state index contributed by atoms with van der Waals surface area (Å²) in [6, 6.07) is 18.6. The predicted octanol–water partition coefficient (Wildman–Crippen LogP) is 3.80. The molecular weight excluding hydrogens is 374 g/mol. The second-order valence-corrected chi connectivity index (χ2v) is 7.28. The average Bonchev–Trinajstić information content (AvgIpc) is 3.11. The summed E-state index contributed by atoms with van der Waals surface area (Å²) < 4.78 is 7.29. The summed E-state index contributed by atoms with van der Waals surface area (Å²) in [6.45, 7) is 5.61. The zero-order valence-corrected chi connectivity index (χ0v) is 18.3. The third-order valence-corrected chi connectivity index (χ3v) is 4.97. The van der Waals surface area contributed by atoms with Crippen LogP contribution in [-0.4, -0.2) is 36.4 Å². The SMILES string of the molecule is CN=C(NCCCc1cccc(OC)c1)NCc1ccccc1-n1nc(C)cc1C. The Morgan fingerprint density at radius 1 is 1.07 bits per heavy atom. The van der Waals surface area contributed by atoms with Gasteiger partial charge in [0.25, 0.3) is 0 Å². The van der Waals surface area contributed by atoms with Gasteiger partial charge in [-0.3, -0.25) is 4.99 Å². The number of guanidine groups is 1. The van der Waals surface area contributed by atoms with Crippen molar-refractivity contribution in [3.8, 4) is 11.4 Å². The van der Waals surface area contributed by atoms with Gasteiger partial charge in [-0.05, 0) is 62.1 Å².